The fourth-order valence-corrected chi connectivity index (χ4v) is 2.92. The number of carbonyl (C=O) groups excluding carboxylic acids is 2. The van der Waals surface area contributed by atoms with Gasteiger partial charge in [0.25, 0.3) is 5.91 Å². The van der Waals surface area contributed by atoms with Crippen LogP contribution in [0.5, 0.6) is 0 Å². The average molecular weight is 343 g/mol. The molecule has 0 saturated carbocycles. The second kappa shape index (κ2) is 14.3. The molecule has 0 aliphatic rings. The topological polar surface area (TPSA) is 78.4 Å². The lowest BCUT2D eigenvalue weighted by Crippen LogP contribution is -2.45. The van der Waals surface area contributed by atoms with Crippen LogP contribution in [-0.4, -0.2) is 23.1 Å². The van der Waals surface area contributed by atoms with E-state index >= 15 is 0 Å². The fraction of sp³-hybridized carbons (Fsp3) is 0.895. The number of rotatable bonds is 14. The number of hydrogen-bond acceptors (Lipinski definition) is 3. The van der Waals surface area contributed by atoms with E-state index in [1.165, 1.54) is 25.7 Å². The molecule has 2 atom stereocenters. The van der Waals surface area contributed by atoms with Crippen molar-refractivity contribution < 1.29 is 14.8 Å². The van der Waals surface area contributed by atoms with E-state index in [1.54, 1.807) is 5.48 Å². The van der Waals surface area contributed by atoms with Gasteiger partial charge >= 0.3 is 0 Å². The molecule has 0 bridgehead atoms. The summed E-state index contributed by atoms with van der Waals surface area (Å²) in [5, 5.41) is 11.9. The third-order valence-corrected chi connectivity index (χ3v) is 4.36. The highest BCUT2D eigenvalue weighted by Crippen LogP contribution is 2.16. The molecule has 0 aliphatic heterocycles. The molecule has 0 aromatic carbocycles. The summed E-state index contributed by atoms with van der Waals surface area (Å²) in [6.07, 6.45) is 10.5. The van der Waals surface area contributed by atoms with E-state index in [-0.39, 0.29) is 17.9 Å². The number of hydroxylamine groups is 1. The van der Waals surface area contributed by atoms with E-state index in [4.69, 9.17) is 5.21 Å². The minimum absolute atomic E-state index is 0.125. The second-order valence-electron chi connectivity index (χ2n) is 7.21. The van der Waals surface area contributed by atoms with Gasteiger partial charge in [0, 0.05) is 6.04 Å². The summed E-state index contributed by atoms with van der Waals surface area (Å²) >= 11 is 0. The van der Waals surface area contributed by atoms with Gasteiger partial charge in [-0.15, -0.1) is 0 Å². The maximum absolute atomic E-state index is 12.5. The smallest absolute Gasteiger partial charge is 0.255 e. The summed E-state index contributed by atoms with van der Waals surface area (Å²) in [4.78, 5) is 24.3. The Kier molecular flexibility index (Phi) is 13.6. The molecule has 5 nitrogen and oxygen atoms in total. The van der Waals surface area contributed by atoms with E-state index in [9.17, 15) is 9.59 Å². The minimum Gasteiger partial charge on any atom is -0.353 e. The molecule has 0 aliphatic carbocycles. The number of nitrogens with one attached hydrogen (secondary N) is 2. The normalized spacial score (nSPS) is 13.6. The highest BCUT2D eigenvalue weighted by molar-refractivity contribution is 5.99. The molecule has 0 spiro atoms. The van der Waals surface area contributed by atoms with Gasteiger partial charge < -0.3 is 5.32 Å². The van der Waals surface area contributed by atoms with Crippen molar-refractivity contribution in [3.8, 4) is 0 Å². The number of unbranched alkanes of at least 4 members (excludes halogenated alkanes) is 5. The summed E-state index contributed by atoms with van der Waals surface area (Å²) in [7, 11) is 0. The molecule has 0 rings (SSSR count). The lowest BCUT2D eigenvalue weighted by Gasteiger charge is -2.23. The summed E-state index contributed by atoms with van der Waals surface area (Å²) in [5.41, 5.74) is 1.63. The molecule has 24 heavy (non-hydrogen) atoms. The van der Waals surface area contributed by atoms with E-state index in [0.717, 1.165) is 32.1 Å². The zero-order valence-corrected chi connectivity index (χ0v) is 16.1. The van der Waals surface area contributed by atoms with Gasteiger partial charge in [0.05, 0.1) is 0 Å². The van der Waals surface area contributed by atoms with Crippen molar-refractivity contribution >= 4 is 11.8 Å². The second-order valence-corrected chi connectivity index (χ2v) is 7.21. The van der Waals surface area contributed by atoms with Gasteiger partial charge in [-0.2, -0.15) is 0 Å². The van der Waals surface area contributed by atoms with Crippen LogP contribution in [0.3, 0.4) is 0 Å². The molecule has 2 amide bonds. The zero-order chi connectivity index (χ0) is 18.4. The van der Waals surface area contributed by atoms with Crippen LogP contribution in [-0.2, 0) is 9.59 Å². The van der Waals surface area contributed by atoms with Crippen molar-refractivity contribution in [1.29, 1.82) is 0 Å². The molecule has 0 radical (unpaired) electrons. The van der Waals surface area contributed by atoms with Crippen molar-refractivity contribution in [3.05, 3.63) is 0 Å². The number of amides is 2. The van der Waals surface area contributed by atoms with Gasteiger partial charge in [0.1, 0.15) is 5.92 Å². The van der Waals surface area contributed by atoms with Gasteiger partial charge in [-0.3, -0.25) is 14.8 Å². The summed E-state index contributed by atoms with van der Waals surface area (Å²) in [6, 6.07) is 0.125. The highest BCUT2D eigenvalue weighted by atomic mass is 16.5. The van der Waals surface area contributed by atoms with Gasteiger partial charge in [-0.1, -0.05) is 72.6 Å². The van der Waals surface area contributed by atoms with Crippen molar-refractivity contribution in [2.45, 2.75) is 97.9 Å². The first kappa shape index (κ1) is 22.9. The average Bonchev–Trinajstić information content (AvgIpc) is 2.55. The van der Waals surface area contributed by atoms with Gasteiger partial charge in [0.2, 0.25) is 5.91 Å². The molecule has 0 saturated heterocycles. The first-order valence-corrected chi connectivity index (χ1v) is 9.70. The quantitative estimate of drug-likeness (QED) is 0.192. The van der Waals surface area contributed by atoms with E-state index in [0.29, 0.717) is 6.42 Å². The SMILES string of the molecule is CCCCCCCC(CCCC)NC(=O)C(CC(C)C)C(=O)NO. The highest BCUT2D eigenvalue weighted by Gasteiger charge is 2.28. The van der Waals surface area contributed by atoms with E-state index in [2.05, 4.69) is 19.2 Å². The number of hydrogen-bond donors (Lipinski definition) is 3. The Bertz CT molecular complexity index is 346. The third-order valence-electron chi connectivity index (χ3n) is 4.36. The Morgan fingerprint density at radius 3 is 2.00 bits per heavy atom. The monoisotopic (exact) mass is 342 g/mol. The van der Waals surface area contributed by atoms with E-state index < -0.39 is 11.8 Å². The molecule has 0 aromatic rings. The van der Waals surface area contributed by atoms with Crippen LogP contribution in [0.25, 0.3) is 0 Å². The standard InChI is InChI=1S/C19H38N2O3/c1-5-7-9-10-11-13-16(12-8-6-2)20-18(22)17(14-15(3)4)19(23)21-24/h15-17,24H,5-14H2,1-4H3,(H,20,22)(H,21,23). The largest absolute Gasteiger partial charge is 0.353 e. The molecule has 5 heteroatoms. The van der Waals surface area contributed by atoms with Crippen molar-refractivity contribution in [2.75, 3.05) is 0 Å². The van der Waals surface area contributed by atoms with Crippen LogP contribution in [0.15, 0.2) is 0 Å². The van der Waals surface area contributed by atoms with Crippen LogP contribution in [0.4, 0.5) is 0 Å². The zero-order valence-electron chi connectivity index (χ0n) is 16.1. The number of carbonyl (C=O) groups is 2. The predicted molar refractivity (Wildman–Crippen MR) is 97.7 cm³/mol. The van der Waals surface area contributed by atoms with Crippen molar-refractivity contribution in [2.24, 2.45) is 11.8 Å². The first-order chi connectivity index (χ1) is 11.5. The molecular formula is C19H38N2O3. The Morgan fingerprint density at radius 2 is 1.46 bits per heavy atom. The van der Waals surface area contributed by atoms with Crippen LogP contribution in [0.1, 0.15) is 91.9 Å². The summed E-state index contributed by atoms with van der Waals surface area (Å²) in [5.74, 6) is -1.48. The molecule has 3 N–H and O–H groups in total. The molecular weight excluding hydrogens is 304 g/mol. The Balaban J connectivity index is 4.58. The van der Waals surface area contributed by atoms with Crippen molar-refractivity contribution in [3.63, 3.8) is 0 Å². The van der Waals surface area contributed by atoms with Crippen LogP contribution in [0, 0.1) is 11.8 Å². The molecule has 142 valence electrons. The Morgan fingerprint density at radius 1 is 0.875 bits per heavy atom. The van der Waals surface area contributed by atoms with Crippen LogP contribution >= 0.6 is 0 Å². The maximum Gasteiger partial charge on any atom is 0.255 e. The van der Waals surface area contributed by atoms with Gasteiger partial charge in [-0.25, -0.2) is 5.48 Å². The van der Waals surface area contributed by atoms with Gasteiger partial charge in [-0.05, 0) is 25.2 Å². The minimum atomic E-state index is -0.820. The Labute approximate surface area is 147 Å². The lowest BCUT2D eigenvalue weighted by molar-refractivity contribution is -0.141. The fourth-order valence-electron chi connectivity index (χ4n) is 2.92. The molecule has 0 fully saturated rings. The predicted octanol–water partition coefficient (Wildman–Crippen LogP) is 4.19. The van der Waals surface area contributed by atoms with Crippen molar-refractivity contribution in [1.82, 2.24) is 10.8 Å². The van der Waals surface area contributed by atoms with Crippen LogP contribution in [0.2, 0.25) is 0 Å². The molecule has 0 heterocycles. The molecule has 0 aromatic heterocycles. The lowest BCUT2D eigenvalue weighted by atomic mass is 9.94. The van der Waals surface area contributed by atoms with Gasteiger partial charge in [0.15, 0.2) is 0 Å². The Hall–Kier alpha value is -1.10. The summed E-state index contributed by atoms with van der Waals surface area (Å²) in [6.45, 7) is 8.27. The molecule has 2 unspecified atom stereocenters. The summed E-state index contributed by atoms with van der Waals surface area (Å²) < 4.78 is 0. The third kappa shape index (κ3) is 10.6. The first-order valence-electron chi connectivity index (χ1n) is 9.70. The maximum atomic E-state index is 12.5. The van der Waals surface area contributed by atoms with E-state index in [1.807, 2.05) is 13.8 Å². The van der Waals surface area contributed by atoms with Crippen LogP contribution < -0.4 is 10.8 Å².